The summed E-state index contributed by atoms with van der Waals surface area (Å²) >= 11 is 21.5. The normalized spacial score (nSPS) is 13.1. The topological polar surface area (TPSA) is 0 Å². The van der Waals surface area contributed by atoms with Crippen LogP contribution in [0.5, 0.6) is 0 Å². The highest BCUT2D eigenvalue weighted by Crippen LogP contribution is 2.40. The lowest BCUT2D eigenvalue weighted by atomic mass is 10.1. The summed E-state index contributed by atoms with van der Waals surface area (Å²) in [6, 6.07) is 1.82. The maximum atomic E-state index is 6.05. The standard InChI is InChI=1S/C9H8BrCl3/c1-4-3-6(11)7(5(2)10)9(13)8(4)12/h3,5H,1-2H3. The number of alkyl halides is 1. The fourth-order valence-electron chi connectivity index (χ4n) is 1.09. The van der Waals surface area contributed by atoms with Crippen molar-refractivity contribution < 1.29 is 0 Å². The van der Waals surface area contributed by atoms with Crippen LogP contribution in [-0.2, 0) is 0 Å². The van der Waals surface area contributed by atoms with Gasteiger partial charge in [-0.3, -0.25) is 0 Å². The maximum absolute atomic E-state index is 6.05. The van der Waals surface area contributed by atoms with E-state index in [4.69, 9.17) is 34.8 Å². The monoisotopic (exact) mass is 300 g/mol. The molecule has 0 saturated heterocycles. The van der Waals surface area contributed by atoms with Gasteiger partial charge in [-0.15, -0.1) is 0 Å². The zero-order valence-electron chi connectivity index (χ0n) is 7.17. The Hall–Kier alpha value is 0.570. The van der Waals surface area contributed by atoms with E-state index in [9.17, 15) is 0 Å². The molecule has 0 nitrogen and oxygen atoms in total. The van der Waals surface area contributed by atoms with Gasteiger partial charge in [0.2, 0.25) is 0 Å². The molecule has 0 fully saturated rings. The predicted octanol–water partition coefficient (Wildman–Crippen LogP) is 5.41. The molecule has 72 valence electrons. The molecular formula is C9H8BrCl3. The Balaban J connectivity index is 3.44. The van der Waals surface area contributed by atoms with Crippen molar-refractivity contribution in [2.45, 2.75) is 18.7 Å². The van der Waals surface area contributed by atoms with Crippen LogP contribution in [0.4, 0.5) is 0 Å². The van der Waals surface area contributed by atoms with Gasteiger partial charge < -0.3 is 0 Å². The van der Waals surface area contributed by atoms with Gasteiger partial charge in [-0.05, 0) is 25.5 Å². The molecule has 0 bridgehead atoms. The molecule has 0 aliphatic carbocycles. The second-order valence-electron chi connectivity index (χ2n) is 2.83. The molecule has 1 aromatic carbocycles. The van der Waals surface area contributed by atoms with Crippen LogP contribution in [0.2, 0.25) is 15.1 Å². The molecule has 0 amide bonds. The van der Waals surface area contributed by atoms with Crippen LogP contribution in [-0.4, -0.2) is 0 Å². The molecule has 0 aliphatic rings. The molecule has 0 radical (unpaired) electrons. The van der Waals surface area contributed by atoms with Crippen molar-refractivity contribution in [3.05, 3.63) is 32.3 Å². The average molecular weight is 302 g/mol. The number of hydrogen-bond acceptors (Lipinski definition) is 0. The van der Waals surface area contributed by atoms with Crippen molar-refractivity contribution in [3.63, 3.8) is 0 Å². The van der Waals surface area contributed by atoms with E-state index >= 15 is 0 Å². The maximum Gasteiger partial charge on any atom is 0.0653 e. The van der Waals surface area contributed by atoms with E-state index in [2.05, 4.69) is 15.9 Å². The molecule has 4 heteroatoms. The Labute approximate surface area is 101 Å². The minimum atomic E-state index is 0.102. The highest BCUT2D eigenvalue weighted by Gasteiger charge is 2.15. The molecule has 0 saturated carbocycles. The van der Waals surface area contributed by atoms with Crippen LogP contribution >= 0.6 is 50.7 Å². The van der Waals surface area contributed by atoms with Crippen LogP contribution in [0.25, 0.3) is 0 Å². The average Bonchev–Trinajstić information content (AvgIpc) is 1.99. The summed E-state index contributed by atoms with van der Waals surface area (Å²) in [6.07, 6.45) is 0. The lowest BCUT2D eigenvalue weighted by Crippen LogP contribution is -1.90. The minimum Gasteiger partial charge on any atom is -0.0841 e. The quantitative estimate of drug-likeness (QED) is 0.480. The first-order valence-corrected chi connectivity index (χ1v) is 5.78. The molecule has 0 aliphatic heterocycles. The molecule has 0 aromatic heterocycles. The summed E-state index contributed by atoms with van der Waals surface area (Å²) in [5, 5.41) is 1.76. The Morgan fingerprint density at radius 3 is 2.23 bits per heavy atom. The van der Waals surface area contributed by atoms with Crippen molar-refractivity contribution in [1.29, 1.82) is 0 Å². The van der Waals surface area contributed by atoms with Crippen molar-refractivity contribution in [2.75, 3.05) is 0 Å². The van der Waals surface area contributed by atoms with E-state index in [1.54, 1.807) is 0 Å². The van der Waals surface area contributed by atoms with Gasteiger partial charge in [-0.25, -0.2) is 0 Å². The largest absolute Gasteiger partial charge is 0.0841 e. The molecule has 1 unspecified atom stereocenters. The van der Waals surface area contributed by atoms with Crippen molar-refractivity contribution in [3.8, 4) is 0 Å². The van der Waals surface area contributed by atoms with Gasteiger partial charge in [0, 0.05) is 15.4 Å². The van der Waals surface area contributed by atoms with Gasteiger partial charge in [-0.1, -0.05) is 50.7 Å². The van der Waals surface area contributed by atoms with Gasteiger partial charge in [0.25, 0.3) is 0 Å². The number of halogens is 4. The summed E-state index contributed by atoms with van der Waals surface area (Å²) in [7, 11) is 0. The summed E-state index contributed by atoms with van der Waals surface area (Å²) in [5.74, 6) is 0. The van der Waals surface area contributed by atoms with E-state index in [-0.39, 0.29) is 4.83 Å². The zero-order valence-corrected chi connectivity index (χ0v) is 11.0. The predicted molar refractivity (Wildman–Crippen MR) is 63.6 cm³/mol. The Morgan fingerprint density at radius 1 is 1.23 bits per heavy atom. The Kier molecular flexibility index (Phi) is 3.94. The molecule has 1 aromatic rings. The van der Waals surface area contributed by atoms with E-state index < -0.39 is 0 Å². The first kappa shape index (κ1) is 11.6. The first-order valence-electron chi connectivity index (χ1n) is 3.73. The summed E-state index contributed by atoms with van der Waals surface area (Å²) in [4.78, 5) is 0.102. The zero-order chi connectivity index (χ0) is 10.2. The van der Waals surface area contributed by atoms with Crippen molar-refractivity contribution in [2.24, 2.45) is 0 Å². The molecule has 0 heterocycles. The summed E-state index contributed by atoms with van der Waals surface area (Å²) in [5.41, 5.74) is 1.74. The smallest absolute Gasteiger partial charge is 0.0653 e. The third-order valence-corrected chi connectivity index (χ3v) is 3.52. The summed E-state index contributed by atoms with van der Waals surface area (Å²) in [6.45, 7) is 3.83. The number of aryl methyl sites for hydroxylation is 1. The van der Waals surface area contributed by atoms with Gasteiger partial charge >= 0.3 is 0 Å². The highest BCUT2D eigenvalue weighted by molar-refractivity contribution is 9.09. The molecular weight excluding hydrogens is 294 g/mol. The van der Waals surface area contributed by atoms with Gasteiger partial charge in [-0.2, -0.15) is 0 Å². The van der Waals surface area contributed by atoms with Crippen molar-refractivity contribution >= 4 is 50.7 Å². The molecule has 13 heavy (non-hydrogen) atoms. The van der Waals surface area contributed by atoms with Gasteiger partial charge in [0.1, 0.15) is 0 Å². The van der Waals surface area contributed by atoms with Crippen LogP contribution < -0.4 is 0 Å². The van der Waals surface area contributed by atoms with Gasteiger partial charge in [0.15, 0.2) is 0 Å². The third-order valence-electron chi connectivity index (χ3n) is 1.77. The lowest BCUT2D eigenvalue weighted by molar-refractivity contribution is 1.12. The fourth-order valence-corrected chi connectivity index (χ4v) is 2.87. The van der Waals surface area contributed by atoms with E-state index in [0.29, 0.717) is 15.1 Å². The number of rotatable bonds is 1. The Bertz CT molecular complexity index is 334. The first-order chi connectivity index (χ1) is 5.95. The molecule has 0 spiro atoms. The molecule has 1 rings (SSSR count). The Morgan fingerprint density at radius 2 is 1.77 bits per heavy atom. The van der Waals surface area contributed by atoms with E-state index in [0.717, 1.165) is 11.1 Å². The lowest BCUT2D eigenvalue weighted by Gasteiger charge is -2.12. The third kappa shape index (κ3) is 2.33. The van der Waals surface area contributed by atoms with Crippen LogP contribution in [0.3, 0.4) is 0 Å². The van der Waals surface area contributed by atoms with Gasteiger partial charge in [0.05, 0.1) is 10.0 Å². The van der Waals surface area contributed by atoms with E-state index in [1.165, 1.54) is 0 Å². The fraction of sp³-hybridized carbons (Fsp3) is 0.333. The molecule has 1 atom stereocenters. The minimum absolute atomic E-state index is 0.102. The SMILES string of the molecule is Cc1cc(Cl)c(C(C)Br)c(Cl)c1Cl. The number of benzene rings is 1. The molecule has 0 N–H and O–H groups in total. The number of hydrogen-bond donors (Lipinski definition) is 0. The van der Waals surface area contributed by atoms with Crippen molar-refractivity contribution in [1.82, 2.24) is 0 Å². The second-order valence-corrected chi connectivity index (χ2v) is 5.37. The van der Waals surface area contributed by atoms with E-state index in [1.807, 2.05) is 19.9 Å². The van der Waals surface area contributed by atoms with Crippen LogP contribution in [0, 0.1) is 6.92 Å². The summed E-state index contributed by atoms with van der Waals surface area (Å²) < 4.78 is 0. The second kappa shape index (κ2) is 4.39. The van der Waals surface area contributed by atoms with Crippen LogP contribution in [0.1, 0.15) is 22.9 Å². The van der Waals surface area contributed by atoms with Crippen LogP contribution in [0.15, 0.2) is 6.07 Å². The highest BCUT2D eigenvalue weighted by atomic mass is 79.9.